The highest BCUT2D eigenvalue weighted by atomic mass is 35.5. The minimum absolute atomic E-state index is 0.0488. The molecule has 2 amide bonds. The first-order valence-corrected chi connectivity index (χ1v) is 8.97. The Morgan fingerprint density at radius 1 is 1.35 bits per heavy atom. The zero-order chi connectivity index (χ0) is 19.1. The molecule has 2 fully saturated rings. The van der Waals surface area contributed by atoms with Crippen molar-refractivity contribution in [3.05, 3.63) is 29.3 Å². The summed E-state index contributed by atoms with van der Waals surface area (Å²) in [4.78, 5) is 27.5. The second kappa shape index (κ2) is 7.10. The number of alkyl halides is 3. The minimum Gasteiger partial charge on any atom is -0.330 e. The SMILES string of the molecule is C[C@@H](C1CC1)N(CC(F)(F)F)C(=O)[C@H]1CC(=O)N(c2ccccc2Cl)C1. The fourth-order valence-corrected chi connectivity index (χ4v) is 3.70. The van der Waals surface area contributed by atoms with Gasteiger partial charge < -0.3 is 9.80 Å². The standard InChI is InChI=1S/C18H20ClF3N2O2/c1-11(12-6-7-12)24(10-18(20,21)22)17(26)13-8-16(25)23(9-13)15-5-3-2-4-14(15)19/h2-5,11-13H,6-10H2,1H3/t11-,13-/m0/s1. The van der Waals surface area contributed by atoms with Crippen molar-refractivity contribution in [3.63, 3.8) is 0 Å². The maximum absolute atomic E-state index is 13.0. The van der Waals surface area contributed by atoms with Crippen molar-refractivity contribution in [1.29, 1.82) is 0 Å². The van der Waals surface area contributed by atoms with Crippen LogP contribution in [0.4, 0.5) is 18.9 Å². The Bertz CT molecular complexity index is 706. The molecule has 2 atom stereocenters. The second-order valence-corrected chi connectivity index (χ2v) is 7.42. The number of halogens is 4. The van der Waals surface area contributed by atoms with Crippen LogP contribution in [0.15, 0.2) is 24.3 Å². The summed E-state index contributed by atoms with van der Waals surface area (Å²) in [5.41, 5.74) is 0.479. The van der Waals surface area contributed by atoms with Crippen molar-refractivity contribution in [3.8, 4) is 0 Å². The molecular formula is C18H20ClF3N2O2. The first-order chi connectivity index (χ1) is 12.2. The van der Waals surface area contributed by atoms with Crippen molar-refractivity contribution in [2.75, 3.05) is 18.0 Å². The van der Waals surface area contributed by atoms with Crippen LogP contribution in [0, 0.1) is 11.8 Å². The van der Waals surface area contributed by atoms with Crippen molar-refractivity contribution >= 4 is 29.1 Å². The van der Waals surface area contributed by atoms with Gasteiger partial charge in [0.15, 0.2) is 0 Å². The molecule has 1 heterocycles. The highest BCUT2D eigenvalue weighted by Gasteiger charge is 2.45. The number of benzene rings is 1. The molecule has 26 heavy (non-hydrogen) atoms. The van der Waals surface area contributed by atoms with Gasteiger partial charge in [0.05, 0.1) is 16.6 Å². The molecule has 3 rings (SSSR count). The van der Waals surface area contributed by atoms with Crippen molar-refractivity contribution in [2.45, 2.75) is 38.4 Å². The van der Waals surface area contributed by atoms with Gasteiger partial charge in [-0.25, -0.2) is 0 Å². The number of nitrogens with zero attached hydrogens (tertiary/aromatic N) is 2. The monoisotopic (exact) mass is 388 g/mol. The van der Waals surface area contributed by atoms with Gasteiger partial charge in [0.25, 0.3) is 0 Å². The van der Waals surface area contributed by atoms with Gasteiger partial charge in [0.1, 0.15) is 6.54 Å². The molecule has 2 aliphatic rings. The normalized spacial score (nSPS) is 21.8. The van der Waals surface area contributed by atoms with Crippen molar-refractivity contribution in [2.24, 2.45) is 11.8 Å². The maximum atomic E-state index is 13.0. The third-order valence-electron chi connectivity index (χ3n) is 5.05. The first kappa shape index (κ1) is 19.0. The van der Waals surface area contributed by atoms with Crippen LogP contribution >= 0.6 is 11.6 Å². The van der Waals surface area contributed by atoms with E-state index >= 15 is 0 Å². The highest BCUT2D eigenvalue weighted by Crippen LogP contribution is 2.38. The Morgan fingerprint density at radius 2 is 2.00 bits per heavy atom. The number of anilines is 1. The molecule has 0 unspecified atom stereocenters. The van der Waals surface area contributed by atoms with Crippen LogP contribution in [0.2, 0.25) is 5.02 Å². The first-order valence-electron chi connectivity index (χ1n) is 8.59. The van der Waals surface area contributed by atoms with Gasteiger partial charge in [0, 0.05) is 19.0 Å². The van der Waals surface area contributed by atoms with Gasteiger partial charge in [-0.15, -0.1) is 0 Å². The van der Waals surface area contributed by atoms with Gasteiger partial charge in [-0.2, -0.15) is 13.2 Å². The predicted molar refractivity (Wildman–Crippen MR) is 91.9 cm³/mol. The van der Waals surface area contributed by atoms with E-state index < -0.39 is 30.6 Å². The fourth-order valence-electron chi connectivity index (χ4n) is 3.46. The second-order valence-electron chi connectivity index (χ2n) is 7.02. The molecule has 142 valence electrons. The zero-order valence-electron chi connectivity index (χ0n) is 14.3. The molecule has 0 spiro atoms. The number of para-hydroxylation sites is 1. The van der Waals surface area contributed by atoms with E-state index in [9.17, 15) is 22.8 Å². The summed E-state index contributed by atoms with van der Waals surface area (Å²) in [6.45, 7) is 0.428. The lowest BCUT2D eigenvalue weighted by molar-refractivity contribution is -0.168. The quantitative estimate of drug-likeness (QED) is 0.768. The number of hydrogen-bond donors (Lipinski definition) is 0. The molecule has 4 nitrogen and oxygen atoms in total. The number of rotatable bonds is 5. The molecule has 1 aromatic carbocycles. The van der Waals surface area contributed by atoms with Crippen LogP contribution in [-0.4, -0.2) is 42.0 Å². The average molecular weight is 389 g/mol. The molecule has 0 aromatic heterocycles. The van der Waals surface area contributed by atoms with Gasteiger partial charge in [-0.05, 0) is 37.8 Å². The number of hydrogen-bond acceptors (Lipinski definition) is 2. The van der Waals surface area contributed by atoms with Crippen LogP contribution in [0.3, 0.4) is 0 Å². The van der Waals surface area contributed by atoms with Crippen LogP contribution in [0.5, 0.6) is 0 Å². The number of carbonyl (C=O) groups excluding carboxylic acids is 2. The molecule has 1 saturated heterocycles. The average Bonchev–Trinajstić information content (AvgIpc) is 3.34. The highest BCUT2D eigenvalue weighted by molar-refractivity contribution is 6.33. The molecule has 1 aromatic rings. The lowest BCUT2D eigenvalue weighted by Crippen LogP contribution is -2.48. The van der Waals surface area contributed by atoms with Gasteiger partial charge in [-0.1, -0.05) is 23.7 Å². The summed E-state index contributed by atoms with van der Waals surface area (Å²) in [7, 11) is 0. The Labute approximate surface area is 154 Å². The molecule has 1 saturated carbocycles. The molecule has 1 aliphatic carbocycles. The lowest BCUT2D eigenvalue weighted by atomic mass is 10.0. The minimum atomic E-state index is -4.47. The molecular weight excluding hydrogens is 369 g/mol. The Balaban J connectivity index is 1.77. The molecule has 1 aliphatic heterocycles. The Kier molecular flexibility index (Phi) is 5.19. The summed E-state index contributed by atoms with van der Waals surface area (Å²) in [5, 5.41) is 0.368. The zero-order valence-corrected chi connectivity index (χ0v) is 15.1. The van der Waals surface area contributed by atoms with E-state index in [1.54, 1.807) is 31.2 Å². The summed E-state index contributed by atoms with van der Waals surface area (Å²) in [6, 6.07) is 6.25. The van der Waals surface area contributed by atoms with E-state index in [-0.39, 0.29) is 24.8 Å². The van der Waals surface area contributed by atoms with Crippen molar-refractivity contribution < 1.29 is 22.8 Å². The van der Waals surface area contributed by atoms with E-state index in [0.717, 1.165) is 17.7 Å². The van der Waals surface area contributed by atoms with E-state index in [1.165, 1.54) is 4.90 Å². The smallest absolute Gasteiger partial charge is 0.330 e. The summed E-state index contributed by atoms with van der Waals surface area (Å²) in [5.74, 6) is -1.59. The molecule has 8 heteroatoms. The number of amides is 2. The Morgan fingerprint density at radius 3 is 2.58 bits per heavy atom. The van der Waals surface area contributed by atoms with E-state index in [2.05, 4.69) is 0 Å². The summed E-state index contributed by atoms with van der Waals surface area (Å²) < 4.78 is 38.9. The largest absolute Gasteiger partial charge is 0.406 e. The number of carbonyl (C=O) groups is 2. The third-order valence-corrected chi connectivity index (χ3v) is 5.37. The van der Waals surface area contributed by atoms with Gasteiger partial charge in [-0.3, -0.25) is 9.59 Å². The van der Waals surface area contributed by atoms with Crippen LogP contribution < -0.4 is 4.90 Å². The topological polar surface area (TPSA) is 40.6 Å². The Hall–Kier alpha value is -1.76. The summed E-state index contributed by atoms with van der Waals surface area (Å²) in [6.07, 6.45) is -2.91. The van der Waals surface area contributed by atoms with Crippen LogP contribution in [0.1, 0.15) is 26.2 Å². The fraction of sp³-hybridized carbons (Fsp3) is 0.556. The lowest BCUT2D eigenvalue weighted by Gasteiger charge is -2.32. The third kappa shape index (κ3) is 4.14. The van der Waals surface area contributed by atoms with E-state index in [0.29, 0.717) is 10.7 Å². The van der Waals surface area contributed by atoms with Gasteiger partial charge >= 0.3 is 6.18 Å². The van der Waals surface area contributed by atoms with E-state index in [1.807, 2.05) is 0 Å². The molecule has 0 bridgehead atoms. The van der Waals surface area contributed by atoms with Gasteiger partial charge in [0.2, 0.25) is 11.8 Å². The predicted octanol–water partition coefficient (Wildman–Crippen LogP) is 3.88. The maximum Gasteiger partial charge on any atom is 0.406 e. The molecule has 0 radical (unpaired) electrons. The summed E-state index contributed by atoms with van der Waals surface area (Å²) >= 11 is 6.11. The van der Waals surface area contributed by atoms with Crippen LogP contribution in [-0.2, 0) is 9.59 Å². The molecule has 0 N–H and O–H groups in total. The van der Waals surface area contributed by atoms with E-state index in [4.69, 9.17) is 11.6 Å². The van der Waals surface area contributed by atoms with Crippen molar-refractivity contribution in [1.82, 2.24) is 4.90 Å². The van der Waals surface area contributed by atoms with Crippen LogP contribution in [0.25, 0.3) is 0 Å².